The van der Waals surface area contributed by atoms with Crippen molar-refractivity contribution >= 4 is 21.6 Å². The number of nitrogen functional groups attached to an aromatic ring is 1. The molecule has 0 radical (unpaired) electrons. The third-order valence-corrected chi connectivity index (χ3v) is 2.74. The minimum Gasteiger partial charge on any atom is -0.421 e. The van der Waals surface area contributed by atoms with Crippen molar-refractivity contribution in [3.63, 3.8) is 0 Å². The Balaban J connectivity index is 2.34. The van der Waals surface area contributed by atoms with Gasteiger partial charge in [0.15, 0.2) is 11.4 Å². The van der Waals surface area contributed by atoms with Crippen LogP contribution in [0.3, 0.4) is 0 Å². The first-order valence-corrected chi connectivity index (χ1v) is 5.79. The summed E-state index contributed by atoms with van der Waals surface area (Å²) in [6, 6.07) is 5.19. The van der Waals surface area contributed by atoms with Crippen molar-refractivity contribution in [1.82, 2.24) is 9.97 Å². The molecule has 0 bridgehead atoms. The smallest absolute Gasteiger partial charge is 0.421 e. The summed E-state index contributed by atoms with van der Waals surface area (Å²) in [6.45, 7) is 0. The van der Waals surface area contributed by atoms with Crippen LogP contribution in [0.25, 0.3) is 0 Å². The Morgan fingerprint density at radius 2 is 1.95 bits per heavy atom. The maximum Gasteiger partial charge on any atom is 0.433 e. The molecule has 0 saturated heterocycles. The molecule has 100 valence electrons. The van der Waals surface area contributed by atoms with Gasteiger partial charge >= 0.3 is 12.2 Å². The van der Waals surface area contributed by atoms with Crippen molar-refractivity contribution in [3.8, 4) is 11.8 Å². The van der Waals surface area contributed by atoms with Crippen molar-refractivity contribution in [3.05, 3.63) is 40.6 Å². The molecule has 2 aromatic rings. The van der Waals surface area contributed by atoms with Crippen molar-refractivity contribution in [1.29, 1.82) is 0 Å². The van der Waals surface area contributed by atoms with Crippen LogP contribution in [0, 0.1) is 0 Å². The second-order valence-electron chi connectivity index (χ2n) is 3.48. The highest BCUT2D eigenvalue weighted by Crippen LogP contribution is 2.34. The number of hydrogen-bond acceptors (Lipinski definition) is 4. The Morgan fingerprint density at radius 1 is 1.21 bits per heavy atom. The van der Waals surface area contributed by atoms with E-state index in [2.05, 4.69) is 25.9 Å². The molecular formula is C11H7BrF3N3O. The standard InChI is InChI=1S/C11H7BrF3N3O/c12-6-2-1-3-7(16)9(6)19-10-17-5-4-8(18-10)11(13,14)15/h1-5H,16H2. The lowest BCUT2D eigenvalue weighted by Gasteiger charge is -2.10. The first kappa shape index (κ1) is 13.6. The second kappa shape index (κ2) is 5.04. The predicted octanol–water partition coefficient (Wildman–Crippen LogP) is 3.63. The van der Waals surface area contributed by atoms with Gasteiger partial charge in [0.25, 0.3) is 0 Å². The number of rotatable bonds is 2. The number of hydrogen-bond donors (Lipinski definition) is 1. The fourth-order valence-electron chi connectivity index (χ4n) is 1.27. The minimum absolute atomic E-state index is 0.168. The molecule has 0 aliphatic rings. The Bertz CT molecular complexity index is 584. The zero-order chi connectivity index (χ0) is 14.0. The van der Waals surface area contributed by atoms with Gasteiger partial charge < -0.3 is 10.5 Å². The number of alkyl halides is 3. The highest BCUT2D eigenvalue weighted by molar-refractivity contribution is 9.10. The fourth-order valence-corrected chi connectivity index (χ4v) is 1.73. The first-order valence-electron chi connectivity index (χ1n) is 5.00. The Labute approximate surface area is 114 Å². The molecule has 2 N–H and O–H groups in total. The van der Waals surface area contributed by atoms with E-state index in [1.807, 2.05) is 0 Å². The lowest BCUT2D eigenvalue weighted by Crippen LogP contribution is -2.09. The Morgan fingerprint density at radius 3 is 2.58 bits per heavy atom. The van der Waals surface area contributed by atoms with E-state index in [0.717, 1.165) is 12.3 Å². The predicted molar refractivity (Wildman–Crippen MR) is 65.7 cm³/mol. The number of para-hydroxylation sites is 1. The molecule has 0 fully saturated rings. The van der Waals surface area contributed by atoms with Gasteiger partial charge in [0.2, 0.25) is 0 Å². The van der Waals surface area contributed by atoms with Crippen molar-refractivity contribution in [2.24, 2.45) is 0 Å². The van der Waals surface area contributed by atoms with Gasteiger partial charge in [-0.25, -0.2) is 4.98 Å². The van der Waals surface area contributed by atoms with E-state index in [1.54, 1.807) is 18.2 Å². The molecule has 0 aliphatic heterocycles. The molecular weight excluding hydrogens is 327 g/mol. The molecule has 0 saturated carbocycles. The number of benzene rings is 1. The van der Waals surface area contributed by atoms with Crippen LogP contribution in [0.5, 0.6) is 11.8 Å². The second-order valence-corrected chi connectivity index (χ2v) is 4.34. The third-order valence-electron chi connectivity index (χ3n) is 2.11. The topological polar surface area (TPSA) is 61.0 Å². The average molecular weight is 334 g/mol. The molecule has 1 aromatic heterocycles. The first-order chi connectivity index (χ1) is 8.88. The van der Waals surface area contributed by atoms with Crippen molar-refractivity contribution < 1.29 is 17.9 Å². The molecule has 0 amide bonds. The van der Waals surface area contributed by atoms with E-state index >= 15 is 0 Å². The van der Waals surface area contributed by atoms with E-state index in [-0.39, 0.29) is 11.4 Å². The third kappa shape index (κ3) is 3.14. The summed E-state index contributed by atoms with van der Waals surface area (Å²) in [5.41, 5.74) is 4.84. The van der Waals surface area contributed by atoms with Gasteiger partial charge in [0.1, 0.15) is 0 Å². The van der Waals surface area contributed by atoms with Crippen LogP contribution in [0.15, 0.2) is 34.9 Å². The Hall–Kier alpha value is -1.83. The maximum atomic E-state index is 12.5. The SMILES string of the molecule is Nc1cccc(Br)c1Oc1nccc(C(F)(F)F)n1. The summed E-state index contributed by atoms with van der Waals surface area (Å²) < 4.78 is 43.1. The molecule has 1 aromatic carbocycles. The van der Waals surface area contributed by atoms with Crippen LogP contribution in [-0.4, -0.2) is 9.97 Å². The number of nitrogens with two attached hydrogens (primary N) is 1. The number of halogens is 4. The molecule has 0 atom stereocenters. The van der Waals surface area contributed by atoms with Crippen LogP contribution in [0.1, 0.15) is 5.69 Å². The van der Waals surface area contributed by atoms with Crippen LogP contribution < -0.4 is 10.5 Å². The maximum absolute atomic E-state index is 12.5. The number of anilines is 1. The fraction of sp³-hybridized carbons (Fsp3) is 0.0909. The monoisotopic (exact) mass is 333 g/mol. The quantitative estimate of drug-likeness (QED) is 0.852. The summed E-state index contributed by atoms with van der Waals surface area (Å²) in [6.07, 6.45) is -3.58. The highest BCUT2D eigenvalue weighted by atomic mass is 79.9. The molecule has 0 spiro atoms. The molecule has 4 nitrogen and oxygen atoms in total. The van der Waals surface area contributed by atoms with Crippen LogP contribution in [-0.2, 0) is 6.18 Å². The van der Waals surface area contributed by atoms with Gasteiger partial charge in [-0.05, 0) is 34.1 Å². The van der Waals surface area contributed by atoms with Gasteiger partial charge in [0, 0.05) is 6.20 Å². The van der Waals surface area contributed by atoms with Crippen molar-refractivity contribution in [2.75, 3.05) is 5.73 Å². The normalized spacial score (nSPS) is 11.4. The summed E-state index contributed by atoms with van der Waals surface area (Å²) in [5, 5.41) is 0. The Kier molecular flexibility index (Phi) is 3.61. The molecule has 8 heteroatoms. The molecule has 19 heavy (non-hydrogen) atoms. The summed E-state index contributed by atoms with van der Waals surface area (Å²) in [7, 11) is 0. The minimum atomic E-state index is -4.56. The van der Waals surface area contributed by atoms with Gasteiger partial charge in [-0.1, -0.05) is 6.07 Å². The average Bonchev–Trinajstić information content (AvgIpc) is 2.33. The van der Waals surface area contributed by atoms with Gasteiger partial charge in [-0.3, -0.25) is 0 Å². The van der Waals surface area contributed by atoms with Crippen LogP contribution >= 0.6 is 15.9 Å². The van der Waals surface area contributed by atoms with Crippen molar-refractivity contribution in [2.45, 2.75) is 6.18 Å². The van der Waals surface area contributed by atoms with E-state index in [4.69, 9.17) is 10.5 Å². The van der Waals surface area contributed by atoms with Gasteiger partial charge in [0.05, 0.1) is 10.2 Å². The largest absolute Gasteiger partial charge is 0.433 e. The van der Waals surface area contributed by atoms with Gasteiger partial charge in [-0.15, -0.1) is 0 Å². The molecule has 1 heterocycles. The van der Waals surface area contributed by atoms with Crippen LogP contribution in [0.4, 0.5) is 18.9 Å². The van der Waals surface area contributed by atoms with E-state index in [0.29, 0.717) is 4.47 Å². The molecule has 2 rings (SSSR count). The zero-order valence-corrected chi connectivity index (χ0v) is 10.9. The lowest BCUT2D eigenvalue weighted by atomic mass is 10.3. The molecule has 0 aliphatic carbocycles. The summed E-state index contributed by atoms with van der Waals surface area (Å²) in [5.74, 6) is 0.168. The van der Waals surface area contributed by atoms with Crippen LogP contribution in [0.2, 0.25) is 0 Å². The number of ether oxygens (including phenoxy) is 1. The zero-order valence-electron chi connectivity index (χ0n) is 9.28. The summed E-state index contributed by atoms with van der Waals surface area (Å²) >= 11 is 3.18. The van der Waals surface area contributed by atoms with Gasteiger partial charge in [-0.2, -0.15) is 18.2 Å². The van der Waals surface area contributed by atoms with E-state index in [9.17, 15) is 13.2 Å². The lowest BCUT2D eigenvalue weighted by molar-refractivity contribution is -0.141. The molecule has 0 unspecified atom stereocenters. The number of aromatic nitrogens is 2. The number of nitrogens with zero attached hydrogens (tertiary/aromatic N) is 2. The summed E-state index contributed by atoms with van der Waals surface area (Å²) in [4.78, 5) is 6.91. The highest BCUT2D eigenvalue weighted by Gasteiger charge is 2.33. The van der Waals surface area contributed by atoms with E-state index in [1.165, 1.54) is 0 Å². The van der Waals surface area contributed by atoms with E-state index < -0.39 is 17.9 Å².